The minimum absolute atomic E-state index is 0.0878. The first kappa shape index (κ1) is 28.8. The van der Waals surface area contributed by atoms with Crippen molar-refractivity contribution >= 4 is 23.8 Å². The van der Waals surface area contributed by atoms with Crippen LogP contribution in [0.25, 0.3) is 0 Å². The Morgan fingerprint density at radius 3 is 2.59 bits per heavy atom. The molecule has 0 spiro atoms. The molecular formula is C24H34N2O8. The van der Waals surface area contributed by atoms with E-state index in [2.05, 4.69) is 11.9 Å². The monoisotopic (exact) mass is 478 g/mol. The van der Waals surface area contributed by atoms with Crippen molar-refractivity contribution in [3.05, 3.63) is 24.5 Å². The molecule has 1 aliphatic heterocycles. The van der Waals surface area contributed by atoms with Crippen molar-refractivity contribution in [2.75, 3.05) is 13.2 Å². The Kier molecular flexibility index (Phi) is 13.2. The predicted octanol–water partition coefficient (Wildman–Crippen LogP) is 2.64. The van der Waals surface area contributed by atoms with Gasteiger partial charge in [0, 0.05) is 18.5 Å². The van der Waals surface area contributed by atoms with Gasteiger partial charge in [0.15, 0.2) is 5.76 Å². The van der Waals surface area contributed by atoms with Gasteiger partial charge >= 0.3 is 17.9 Å². The normalized spacial score (nSPS) is 17.9. The molecule has 4 unspecified atom stereocenters. The number of nitriles is 1. The number of carbonyl (C=O) groups excluding carboxylic acids is 4. The minimum Gasteiger partial charge on any atom is -0.502 e. The van der Waals surface area contributed by atoms with Crippen molar-refractivity contribution < 1.29 is 38.5 Å². The molecular weight excluding hydrogens is 444 g/mol. The number of carbonyl (C=O) groups is 4. The molecule has 188 valence electrons. The lowest BCUT2D eigenvalue weighted by Gasteiger charge is -2.25. The van der Waals surface area contributed by atoms with E-state index in [4.69, 9.17) is 19.5 Å². The van der Waals surface area contributed by atoms with E-state index in [-0.39, 0.29) is 50.0 Å². The number of aliphatic hydroxyl groups is 1. The molecule has 0 aromatic carbocycles. The van der Waals surface area contributed by atoms with Crippen LogP contribution >= 0.6 is 0 Å². The number of hydrogen-bond donors (Lipinski definition) is 2. The largest absolute Gasteiger partial charge is 0.502 e. The van der Waals surface area contributed by atoms with E-state index >= 15 is 0 Å². The second-order valence-electron chi connectivity index (χ2n) is 8.11. The standard InChI is InChI=1S/C24H34N2O8/c1-4-18(24(31)34-22(29)10-8-19-7-9-21(28)26-19)13-17(15-33-23(30)16(3)27)14-20(5-2)32-12-6-11-25/h8,10,17-20,27H,3-7,9,12-15H2,1-2H3,(H,26,28)/b10-8+. The summed E-state index contributed by atoms with van der Waals surface area (Å²) in [6.07, 6.45) is 5.32. The Morgan fingerprint density at radius 2 is 2.03 bits per heavy atom. The van der Waals surface area contributed by atoms with Gasteiger partial charge in [-0.3, -0.25) is 9.59 Å². The van der Waals surface area contributed by atoms with Gasteiger partial charge in [-0.15, -0.1) is 0 Å². The summed E-state index contributed by atoms with van der Waals surface area (Å²) >= 11 is 0. The number of nitrogens with one attached hydrogen (secondary N) is 1. The second-order valence-corrected chi connectivity index (χ2v) is 8.11. The molecule has 10 nitrogen and oxygen atoms in total. The van der Waals surface area contributed by atoms with Crippen LogP contribution in [0.15, 0.2) is 24.5 Å². The molecule has 0 aromatic rings. The van der Waals surface area contributed by atoms with Crippen molar-refractivity contribution in [1.29, 1.82) is 5.26 Å². The molecule has 1 fully saturated rings. The zero-order valence-electron chi connectivity index (χ0n) is 19.8. The maximum atomic E-state index is 12.6. The van der Waals surface area contributed by atoms with Gasteiger partial charge in [0.25, 0.3) is 0 Å². The number of esters is 3. The first-order valence-corrected chi connectivity index (χ1v) is 11.5. The average Bonchev–Trinajstić information content (AvgIpc) is 3.23. The molecule has 1 saturated heterocycles. The molecule has 0 aliphatic carbocycles. The Morgan fingerprint density at radius 1 is 1.29 bits per heavy atom. The Hall–Kier alpha value is -3.19. The molecule has 4 atom stereocenters. The second kappa shape index (κ2) is 15.6. The first-order chi connectivity index (χ1) is 16.2. The zero-order chi connectivity index (χ0) is 25.5. The molecule has 0 aromatic heterocycles. The van der Waals surface area contributed by atoms with E-state index in [1.807, 2.05) is 13.0 Å². The topological polar surface area (TPSA) is 152 Å². The summed E-state index contributed by atoms with van der Waals surface area (Å²) in [4.78, 5) is 47.5. The summed E-state index contributed by atoms with van der Waals surface area (Å²) in [5, 5.41) is 20.6. The lowest BCUT2D eigenvalue weighted by Crippen LogP contribution is -2.28. The summed E-state index contributed by atoms with van der Waals surface area (Å²) in [6, 6.07) is 1.75. The summed E-state index contributed by atoms with van der Waals surface area (Å²) < 4.78 is 15.8. The quantitative estimate of drug-likeness (QED) is 0.119. The van der Waals surface area contributed by atoms with E-state index < -0.39 is 29.6 Å². The van der Waals surface area contributed by atoms with E-state index in [9.17, 15) is 24.3 Å². The van der Waals surface area contributed by atoms with Gasteiger partial charge in [-0.2, -0.15) is 5.26 Å². The van der Waals surface area contributed by atoms with Gasteiger partial charge < -0.3 is 24.6 Å². The van der Waals surface area contributed by atoms with Gasteiger partial charge in [-0.25, -0.2) is 9.59 Å². The number of hydrogen-bond acceptors (Lipinski definition) is 9. The van der Waals surface area contributed by atoms with E-state index in [1.165, 1.54) is 6.08 Å². The Labute approximate surface area is 199 Å². The molecule has 0 bridgehead atoms. The summed E-state index contributed by atoms with van der Waals surface area (Å²) in [5.74, 6) is -4.27. The number of ether oxygens (including phenoxy) is 3. The molecule has 1 rings (SSSR count). The van der Waals surface area contributed by atoms with Crippen LogP contribution in [0.5, 0.6) is 0 Å². The van der Waals surface area contributed by atoms with Crippen molar-refractivity contribution in [2.24, 2.45) is 11.8 Å². The van der Waals surface area contributed by atoms with Gasteiger partial charge in [-0.1, -0.05) is 19.9 Å². The zero-order valence-corrected chi connectivity index (χ0v) is 19.8. The SMILES string of the molecule is C=C(O)C(=O)OCC(CC(CC)OCCC#N)CC(CC)C(=O)OC(=O)/C=C/C1CCC(=O)N1. The molecule has 34 heavy (non-hydrogen) atoms. The van der Waals surface area contributed by atoms with Gasteiger partial charge in [0.1, 0.15) is 0 Å². The third-order valence-corrected chi connectivity index (χ3v) is 5.44. The fourth-order valence-electron chi connectivity index (χ4n) is 3.53. The fraction of sp³-hybridized carbons (Fsp3) is 0.625. The molecule has 0 saturated carbocycles. The highest BCUT2D eigenvalue weighted by Gasteiger charge is 2.28. The summed E-state index contributed by atoms with van der Waals surface area (Å²) in [6.45, 7) is 7.00. The molecule has 0 radical (unpaired) electrons. The Balaban J connectivity index is 2.75. The van der Waals surface area contributed by atoms with Crippen LogP contribution in [-0.4, -0.2) is 54.3 Å². The third kappa shape index (κ3) is 11.1. The van der Waals surface area contributed by atoms with Crippen LogP contribution in [0.2, 0.25) is 0 Å². The molecule has 1 amide bonds. The fourth-order valence-corrected chi connectivity index (χ4v) is 3.53. The van der Waals surface area contributed by atoms with E-state index in [1.54, 1.807) is 6.92 Å². The maximum absolute atomic E-state index is 12.6. The number of nitrogens with zero attached hydrogens (tertiary/aromatic N) is 1. The van der Waals surface area contributed by atoms with Crippen molar-refractivity contribution in [2.45, 2.75) is 70.9 Å². The van der Waals surface area contributed by atoms with Crippen molar-refractivity contribution in [3.63, 3.8) is 0 Å². The highest BCUT2D eigenvalue weighted by molar-refractivity contribution is 5.93. The molecule has 1 heterocycles. The van der Waals surface area contributed by atoms with Crippen molar-refractivity contribution in [1.82, 2.24) is 5.32 Å². The van der Waals surface area contributed by atoms with E-state index in [0.717, 1.165) is 6.08 Å². The number of aliphatic hydroxyl groups excluding tert-OH is 1. The van der Waals surface area contributed by atoms with Gasteiger partial charge in [0.2, 0.25) is 5.91 Å². The predicted molar refractivity (Wildman–Crippen MR) is 121 cm³/mol. The first-order valence-electron chi connectivity index (χ1n) is 11.5. The van der Waals surface area contributed by atoms with Crippen molar-refractivity contribution in [3.8, 4) is 6.07 Å². The lowest BCUT2D eigenvalue weighted by molar-refractivity contribution is -0.160. The van der Waals surface area contributed by atoms with Gasteiger partial charge in [-0.05, 0) is 44.6 Å². The highest BCUT2D eigenvalue weighted by Crippen LogP contribution is 2.24. The third-order valence-electron chi connectivity index (χ3n) is 5.44. The Bertz CT molecular complexity index is 801. The van der Waals surface area contributed by atoms with Gasteiger partial charge in [0.05, 0.1) is 37.7 Å². The van der Waals surface area contributed by atoms with Crippen LogP contribution in [0.1, 0.15) is 58.8 Å². The average molecular weight is 479 g/mol. The number of rotatable bonds is 15. The van der Waals surface area contributed by atoms with Crippen LogP contribution in [0.4, 0.5) is 0 Å². The number of amides is 1. The lowest BCUT2D eigenvalue weighted by atomic mass is 9.88. The molecule has 1 aliphatic rings. The van der Waals surface area contributed by atoms with Crippen LogP contribution in [0, 0.1) is 23.2 Å². The molecule has 2 N–H and O–H groups in total. The minimum atomic E-state index is -0.960. The van der Waals surface area contributed by atoms with Crippen LogP contribution in [-0.2, 0) is 33.4 Å². The van der Waals surface area contributed by atoms with Crippen LogP contribution in [0.3, 0.4) is 0 Å². The molecule has 10 heteroatoms. The highest BCUT2D eigenvalue weighted by atomic mass is 16.6. The van der Waals surface area contributed by atoms with Crippen LogP contribution < -0.4 is 5.32 Å². The smallest absolute Gasteiger partial charge is 0.372 e. The maximum Gasteiger partial charge on any atom is 0.372 e. The summed E-state index contributed by atoms with van der Waals surface area (Å²) in [7, 11) is 0. The summed E-state index contributed by atoms with van der Waals surface area (Å²) in [5.41, 5.74) is 0. The van der Waals surface area contributed by atoms with E-state index in [0.29, 0.717) is 32.1 Å².